The number of nitrogens with zero attached hydrogens (tertiary/aromatic N) is 1. The van der Waals surface area contributed by atoms with Crippen LogP contribution in [0.5, 0.6) is 0 Å². The minimum atomic E-state index is -0.189. The van der Waals surface area contributed by atoms with Gasteiger partial charge in [0.25, 0.3) is 0 Å². The SMILES string of the molecule is C=CC(=O)NCc1cccc2[nH]c(-c3ccccc3)nc12. The number of fused-ring (bicyclic) bond motifs is 1. The maximum absolute atomic E-state index is 11.3. The molecule has 0 aliphatic carbocycles. The Morgan fingerprint density at radius 2 is 2.00 bits per heavy atom. The number of benzene rings is 2. The van der Waals surface area contributed by atoms with Crippen molar-refractivity contribution < 1.29 is 4.79 Å². The highest BCUT2D eigenvalue weighted by Crippen LogP contribution is 2.22. The fourth-order valence-electron chi connectivity index (χ4n) is 2.22. The molecule has 0 atom stereocenters. The third kappa shape index (κ3) is 2.69. The van der Waals surface area contributed by atoms with Gasteiger partial charge in [-0.1, -0.05) is 49.0 Å². The Morgan fingerprint density at radius 1 is 1.19 bits per heavy atom. The van der Waals surface area contributed by atoms with E-state index in [0.29, 0.717) is 6.54 Å². The van der Waals surface area contributed by atoms with Gasteiger partial charge in [0.1, 0.15) is 5.82 Å². The predicted molar refractivity (Wildman–Crippen MR) is 83.6 cm³/mol. The first-order valence-corrected chi connectivity index (χ1v) is 6.71. The fourth-order valence-corrected chi connectivity index (χ4v) is 2.22. The van der Waals surface area contributed by atoms with E-state index in [1.54, 1.807) is 0 Å². The van der Waals surface area contributed by atoms with Crippen molar-refractivity contribution in [3.8, 4) is 11.4 Å². The van der Waals surface area contributed by atoms with Crippen molar-refractivity contribution in [2.75, 3.05) is 0 Å². The van der Waals surface area contributed by atoms with Crippen LogP contribution in [0.3, 0.4) is 0 Å². The molecule has 1 heterocycles. The van der Waals surface area contributed by atoms with Crippen LogP contribution in [0.4, 0.5) is 0 Å². The quantitative estimate of drug-likeness (QED) is 0.720. The molecule has 0 aliphatic heterocycles. The summed E-state index contributed by atoms with van der Waals surface area (Å²) in [6, 6.07) is 15.8. The predicted octanol–water partition coefficient (Wildman–Crippen LogP) is 3.03. The summed E-state index contributed by atoms with van der Waals surface area (Å²) in [5.74, 6) is 0.638. The Morgan fingerprint density at radius 3 is 2.76 bits per heavy atom. The summed E-state index contributed by atoms with van der Waals surface area (Å²) < 4.78 is 0. The first-order valence-electron chi connectivity index (χ1n) is 6.71. The van der Waals surface area contributed by atoms with Gasteiger partial charge in [0, 0.05) is 12.1 Å². The maximum Gasteiger partial charge on any atom is 0.243 e. The van der Waals surface area contributed by atoms with E-state index in [1.807, 2.05) is 48.5 Å². The van der Waals surface area contributed by atoms with E-state index < -0.39 is 0 Å². The van der Waals surface area contributed by atoms with E-state index in [1.165, 1.54) is 6.08 Å². The first-order chi connectivity index (χ1) is 10.3. The third-order valence-corrected chi connectivity index (χ3v) is 3.28. The lowest BCUT2D eigenvalue weighted by atomic mass is 10.2. The van der Waals surface area contributed by atoms with E-state index in [9.17, 15) is 4.79 Å². The largest absolute Gasteiger partial charge is 0.348 e. The Balaban J connectivity index is 1.98. The van der Waals surface area contributed by atoms with Crippen LogP contribution in [0, 0.1) is 0 Å². The normalized spacial score (nSPS) is 10.5. The molecule has 1 amide bonds. The number of imidazole rings is 1. The van der Waals surface area contributed by atoms with Crippen LogP contribution in [0.25, 0.3) is 22.4 Å². The molecule has 0 radical (unpaired) electrons. The molecule has 4 nitrogen and oxygen atoms in total. The van der Waals surface area contributed by atoms with Gasteiger partial charge in [0.05, 0.1) is 11.0 Å². The lowest BCUT2D eigenvalue weighted by molar-refractivity contribution is -0.116. The number of carbonyl (C=O) groups excluding carboxylic acids is 1. The second kappa shape index (κ2) is 5.63. The van der Waals surface area contributed by atoms with Crippen molar-refractivity contribution in [1.82, 2.24) is 15.3 Å². The molecular formula is C17H15N3O. The van der Waals surface area contributed by atoms with Crippen LogP contribution < -0.4 is 5.32 Å². The van der Waals surface area contributed by atoms with Crippen molar-refractivity contribution >= 4 is 16.9 Å². The standard InChI is InChI=1S/C17H15N3O/c1-2-15(21)18-11-13-9-6-10-14-16(13)20-17(19-14)12-7-4-3-5-8-12/h2-10H,1,11H2,(H,18,21)(H,19,20). The third-order valence-electron chi connectivity index (χ3n) is 3.28. The second-order valence-electron chi connectivity index (χ2n) is 4.69. The molecule has 0 bridgehead atoms. The molecule has 0 spiro atoms. The zero-order chi connectivity index (χ0) is 14.7. The number of hydrogen-bond acceptors (Lipinski definition) is 2. The molecule has 0 fully saturated rings. The van der Waals surface area contributed by atoms with Gasteiger partial charge in [-0.15, -0.1) is 0 Å². The topological polar surface area (TPSA) is 57.8 Å². The Bertz CT molecular complexity index is 790. The number of nitrogens with one attached hydrogen (secondary N) is 2. The van der Waals surface area contributed by atoms with E-state index in [2.05, 4.69) is 21.9 Å². The Labute approximate surface area is 122 Å². The highest BCUT2D eigenvalue weighted by molar-refractivity contribution is 5.87. The van der Waals surface area contributed by atoms with E-state index in [-0.39, 0.29) is 5.91 Å². The van der Waals surface area contributed by atoms with Crippen LogP contribution >= 0.6 is 0 Å². The first kappa shape index (κ1) is 13.1. The number of aromatic amines is 1. The molecule has 2 N–H and O–H groups in total. The summed E-state index contributed by atoms with van der Waals surface area (Å²) in [6.07, 6.45) is 1.26. The molecule has 2 aromatic carbocycles. The number of carbonyl (C=O) groups is 1. The molecule has 4 heteroatoms. The Kier molecular flexibility index (Phi) is 3.51. The molecular weight excluding hydrogens is 262 g/mol. The fraction of sp³-hybridized carbons (Fsp3) is 0.0588. The number of amides is 1. The van der Waals surface area contributed by atoms with Gasteiger partial charge in [-0.3, -0.25) is 4.79 Å². The van der Waals surface area contributed by atoms with Crippen molar-refractivity contribution in [2.24, 2.45) is 0 Å². The van der Waals surface area contributed by atoms with Gasteiger partial charge < -0.3 is 10.3 Å². The monoisotopic (exact) mass is 277 g/mol. The number of hydrogen-bond donors (Lipinski definition) is 2. The molecule has 3 rings (SSSR count). The maximum atomic E-state index is 11.3. The van der Waals surface area contributed by atoms with E-state index in [4.69, 9.17) is 0 Å². The van der Waals surface area contributed by atoms with Crippen LogP contribution in [0.2, 0.25) is 0 Å². The molecule has 104 valence electrons. The van der Waals surface area contributed by atoms with Crippen LogP contribution in [0.1, 0.15) is 5.56 Å². The van der Waals surface area contributed by atoms with Crippen molar-refractivity contribution in [1.29, 1.82) is 0 Å². The zero-order valence-electron chi connectivity index (χ0n) is 11.5. The number of rotatable bonds is 4. The highest BCUT2D eigenvalue weighted by Gasteiger charge is 2.08. The average molecular weight is 277 g/mol. The van der Waals surface area contributed by atoms with Crippen molar-refractivity contribution in [3.63, 3.8) is 0 Å². The molecule has 0 aliphatic rings. The zero-order valence-corrected chi connectivity index (χ0v) is 11.5. The summed E-state index contributed by atoms with van der Waals surface area (Å²) in [4.78, 5) is 19.3. The minimum Gasteiger partial charge on any atom is -0.348 e. The Hall–Kier alpha value is -2.88. The van der Waals surface area contributed by atoms with Gasteiger partial charge in [0.15, 0.2) is 0 Å². The van der Waals surface area contributed by atoms with Gasteiger partial charge in [-0.25, -0.2) is 4.98 Å². The average Bonchev–Trinajstić information content (AvgIpc) is 2.98. The number of H-pyrrole nitrogens is 1. The molecule has 0 unspecified atom stereocenters. The summed E-state index contributed by atoms with van der Waals surface area (Å²) in [5, 5.41) is 2.78. The van der Waals surface area contributed by atoms with Gasteiger partial charge in [0.2, 0.25) is 5.91 Å². The van der Waals surface area contributed by atoms with Crippen LogP contribution in [0.15, 0.2) is 61.2 Å². The lowest BCUT2D eigenvalue weighted by Gasteiger charge is -2.02. The summed E-state index contributed by atoms with van der Waals surface area (Å²) >= 11 is 0. The molecule has 21 heavy (non-hydrogen) atoms. The van der Waals surface area contributed by atoms with Crippen molar-refractivity contribution in [2.45, 2.75) is 6.54 Å². The van der Waals surface area contributed by atoms with Gasteiger partial charge in [-0.2, -0.15) is 0 Å². The summed E-state index contributed by atoms with van der Waals surface area (Å²) in [7, 11) is 0. The second-order valence-corrected chi connectivity index (χ2v) is 4.69. The van der Waals surface area contributed by atoms with Crippen molar-refractivity contribution in [3.05, 3.63) is 66.7 Å². The highest BCUT2D eigenvalue weighted by atomic mass is 16.1. The van der Waals surface area contributed by atoms with Crippen LogP contribution in [-0.4, -0.2) is 15.9 Å². The van der Waals surface area contributed by atoms with Crippen LogP contribution in [-0.2, 0) is 11.3 Å². The lowest BCUT2D eigenvalue weighted by Crippen LogP contribution is -2.20. The van der Waals surface area contributed by atoms with Gasteiger partial charge in [-0.05, 0) is 17.7 Å². The molecule has 0 saturated carbocycles. The minimum absolute atomic E-state index is 0.189. The number of para-hydroxylation sites is 1. The smallest absolute Gasteiger partial charge is 0.243 e. The molecule has 1 aromatic heterocycles. The van der Waals surface area contributed by atoms with Gasteiger partial charge >= 0.3 is 0 Å². The molecule has 0 saturated heterocycles. The molecule has 3 aromatic rings. The number of aromatic nitrogens is 2. The summed E-state index contributed by atoms with van der Waals surface area (Å²) in [6.45, 7) is 3.88. The van der Waals surface area contributed by atoms with E-state index >= 15 is 0 Å². The van der Waals surface area contributed by atoms with E-state index in [0.717, 1.165) is 28.0 Å². The summed E-state index contributed by atoms with van der Waals surface area (Å²) in [5.41, 5.74) is 3.84.